The van der Waals surface area contributed by atoms with Crippen LogP contribution in [-0.4, -0.2) is 0 Å². The Morgan fingerprint density at radius 3 is 2.00 bits per heavy atom. The second kappa shape index (κ2) is 8.36. The zero-order valence-electron chi connectivity index (χ0n) is 16.6. The predicted octanol–water partition coefficient (Wildman–Crippen LogP) is 7.42. The average Bonchev–Trinajstić information content (AvgIpc) is 2.92. The van der Waals surface area contributed by atoms with Gasteiger partial charge in [-0.05, 0) is 62.4 Å². The standard InChI is InChI=1S/C21H16.C3H8.C2H6/c1-2-10-16-17-11-4-8-15-9-5-13-19(21(15)17)18-12-3-7-14(6-1)20(16)18;1-3-2;1-2/h3-9,11-13H,1-2,10H2;3H2,1-2H3;1-2H3. The molecule has 0 saturated heterocycles. The molecule has 0 amide bonds. The minimum atomic E-state index is 1.19. The Balaban J connectivity index is 0.000000359. The van der Waals surface area contributed by atoms with Gasteiger partial charge in [-0.2, -0.15) is 0 Å². The lowest BCUT2D eigenvalue weighted by Gasteiger charge is -2.15. The molecule has 0 bridgehead atoms. The van der Waals surface area contributed by atoms with E-state index in [0.717, 1.165) is 0 Å². The van der Waals surface area contributed by atoms with Crippen LogP contribution >= 0.6 is 0 Å². The lowest BCUT2D eigenvalue weighted by molar-refractivity contribution is 0.881. The quantitative estimate of drug-likeness (QED) is 0.230. The van der Waals surface area contributed by atoms with Crippen molar-refractivity contribution in [2.75, 3.05) is 0 Å². The van der Waals surface area contributed by atoms with E-state index < -0.39 is 0 Å². The molecule has 0 nitrogen and oxygen atoms in total. The number of aryl methyl sites for hydroxylation is 1. The molecule has 26 heavy (non-hydrogen) atoms. The first-order chi connectivity index (χ1) is 12.8. The lowest BCUT2D eigenvalue weighted by atomic mass is 9.89. The number of fused-ring (bicyclic) bond motifs is 2. The summed E-state index contributed by atoms with van der Waals surface area (Å²) in [5, 5.41) is 10.00. The van der Waals surface area contributed by atoms with Crippen LogP contribution in [0.15, 0.2) is 54.6 Å². The third kappa shape index (κ3) is 3.09. The van der Waals surface area contributed by atoms with Crippen LogP contribution < -0.4 is 5.22 Å². The van der Waals surface area contributed by atoms with Crippen LogP contribution in [0.1, 0.15) is 52.5 Å². The maximum atomic E-state index is 2.42. The van der Waals surface area contributed by atoms with E-state index in [1.165, 1.54) is 63.2 Å². The van der Waals surface area contributed by atoms with Crippen LogP contribution in [0.2, 0.25) is 0 Å². The maximum Gasteiger partial charge on any atom is -0.00296 e. The Hall–Kier alpha value is -2.34. The van der Waals surface area contributed by atoms with E-state index >= 15 is 0 Å². The molecule has 0 heteroatoms. The molecule has 0 heterocycles. The van der Waals surface area contributed by atoms with Crippen LogP contribution in [0.4, 0.5) is 0 Å². The molecule has 1 aliphatic carbocycles. The number of hydrogen-bond acceptors (Lipinski definition) is 0. The molecule has 0 spiro atoms. The first-order valence-corrected chi connectivity index (χ1v) is 10.2. The summed E-state index contributed by atoms with van der Waals surface area (Å²) in [6.45, 7) is 8.25. The SMILES string of the molecule is C1=c2cccc3c2c(c2cccc4cccc3c42)CCC1.CC.CCC. The molecule has 0 aromatic heterocycles. The Kier molecular flexibility index (Phi) is 5.93. The van der Waals surface area contributed by atoms with Gasteiger partial charge in [-0.15, -0.1) is 0 Å². The topological polar surface area (TPSA) is 0 Å². The summed E-state index contributed by atoms with van der Waals surface area (Å²) >= 11 is 0. The van der Waals surface area contributed by atoms with Crippen molar-refractivity contribution in [3.05, 3.63) is 65.4 Å². The van der Waals surface area contributed by atoms with Gasteiger partial charge in [-0.25, -0.2) is 0 Å². The molecule has 134 valence electrons. The predicted molar refractivity (Wildman–Crippen MR) is 119 cm³/mol. The minimum Gasteiger partial charge on any atom is -0.0766 e. The number of rotatable bonds is 0. The highest BCUT2D eigenvalue weighted by Gasteiger charge is 2.14. The van der Waals surface area contributed by atoms with Gasteiger partial charge in [0.1, 0.15) is 0 Å². The maximum absolute atomic E-state index is 2.42. The molecule has 4 aromatic carbocycles. The molecule has 4 aromatic rings. The van der Waals surface area contributed by atoms with Crippen LogP contribution in [0.3, 0.4) is 0 Å². The Labute approximate surface area is 157 Å². The third-order valence-corrected chi connectivity index (χ3v) is 4.91. The van der Waals surface area contributed by atoms with Gasteiger partial charge < -0.3 is 0 Å². The van der Waals surface area contributed by atoms with Crippen molar-refractivity contribution in [1.82, 2.24) is 0 Å². The molecule has 0 aliphatic heterocycles. The van der Waals surface area contributed by atoms with E-state index in [0.29, 0.717) is 0 Å². The molecule has 0 atom stereocenters. The van der Waals surface area contributed by atoms with Crippen molar-refractivity contribution in [1.29, 1.82) is 0 Å². The van der Waals surface area contributed by atoms with Crippen LogP contribution in [-0.2, 0) is 6.42 Å². The Bertz CT molecular complexity index is 1060. The summed E-state index contributed by atoms with van der Waals surface area (Å²) in [4.78, 5) is 0. The molecule has 0 fully saturated rings. The molecule has 0 radical (unpaired) electrons. The van der Waals surface area contributed by atoms with Crippen molar-refractivity contribution in [2.45, 2.75) is 53.4 Å². The van der Waals surface area contributed by atoms with Crippen LogP contribution in [0.25, 0.3) is 38.4 Å². The largest absolute Gasteiger partial charge is 0.0766 e. The highest BCUT2D eigenvalue weighted by Crippen LogP contribution is 2.36. The second-order valence-electron chi connectivity index (χ2n) is 6.76. The van der Waals surface area contributed by atoms with Gasteiger partial charge in [0.15, 0.2) is 0 Å². The highest BCUT2D eigenvalue weighted by atomic mass is 14.2. The van der Waals surface area contributed by atoms with Gasteiger partial charge in [0.25, 0.3) is 0 Å². The first-order valence-electron chi connectivity index (χ1n) is 10.2. The van der Waals surface area contributed by atoms with Gasteiger partial charge in [-0.1, -0.05) is 94.8 Å². The Morgan fingerprint density at radius 1 is 0.731 bits per heavy atom. The zero-order chi connectivity index (χ0) is 18.5. The summed E-state index contributed by atoms with van der Waals surface area (Å²) in [7, 11) is 0. The van der Waals surface area contributed by atoms with E-state index in [9.17, 15) is 0 Å². The molecular weight excluding hydrogens is 312 g/mol. The normalized spacial score (nSPS) is 12.6. The Morgan fingerprint density at radius 2 is 1.31 bits per heavy atom. The van der Waals surface area contributed by atoms with Crippen molar-refractivity contribution < 1.29 is 0 Å². The molecule has 5 rings (SSSR count). The van der Waals surface area contributed by atoms with Crippen LogP contribution in [0.5, 0.6) is 0 Å². The van der Waals surface area contributed by atoms with E-state index in [-0.39, 0.29) is 0 Å². The molecule has 0 saturated carbocycles. The van der Waals surface area contributed by atoms with Crippen molar-refractivity contribution in [3.63, 3.8) is 0 Å². The monoisotopic (exact) mass is 342 g/mol. The van der Waals surface area contributed by atoms with Gasteiger partial charge >= 0.3 is 0 Å². The smallest absolute Gasteiger partial charge is 0.00296 e. The summed E-state index contributed by atoms with van der Waals surface area (Å²) in [6, 6.07) is 20.2. The van der Waals surface area contributed by atoms with E-state index in [1.807, 2.05) is 13.8 Å². The van der Waals surface area contributed by atoms with Gasteiger partial charge in [0, 0.05) is 0 Å². The molecular formula is C26H30. The zero-order valence-corrected chi connectivity index (χ0v) is 16.6. The molecule has 0 unspecified atom stereocenters. The summed E-state index contributed by atoms with van der Waals surface area (Å²) in [6.07, 6.45) is 7.29. The van der Waals surface area contributed by atoms with E-state index in [4.69, 9.17) is 0 Å². The number of hydrogen-bond donors (Lipinski definition) is 0. The lowest BCUT2D eigenvalue weighted by Crippen LogP contribution is -2.03. The van der Waals surface area contributed by atoms with Crippen molar-refractivity contribution >= 4 is 38.4 Å². The second-order valence-corrected chi connectivity index (χ2v) is 6.76. The number of benzene rings is 4. The van der Waals surface area contributed by atoms with E-state index in [2.05, 4.69) is 74.5 Å². The highest BCUT2D eigenvalue weighted by molar-refractivity contribution is 6.23. The summed E-state index contributed by atoms with van der Waals surface area (Å²) in [5.74, 6) is 0. The van der Waals surface area contributed by atoms with Crippen molar-refractivity contribution in [3.8, 4) is 0 Å². The fraction of sp³-hybridized carbons (Fsp3) is 0.308. The third-order valence-electron chi connectivity index (χ3n) is 4.91. The van der Waals surface area contributed by atoms with Crippen LogP contribution in [0, 0.1) is 0 Å². The van der Waals surface area contributed by atoms with E-state index in [1.54, 1.807) is 5.56 Å². The fourth-order valence-electron chi connectivity index (χ4n) is 4.05. The summed E-state index contributed by atoms with van der Waals surface area (Å²) < 4.78 is 0. The van der Waals surface area contributed by atoms with Gasteiger partial charge in [0.05, 0.1) is 0 Å². The molecule has 1 aliphatic rings. The van der Waals surface area contributed by atoms with Crippen molar-refractivity contribution in [2.24, 2.45) is 0 Å². The van der Waals surface area contributed by atoms with Gasteiger partial charge in [0.2, 0.25) is 0 Å². The molecule has 0 N–H and O–H groups in total. The minimum absolute atomic E-state index is 1.19. The average molecular weight is 343 g/mol. The fourth-order valence-corrected chi connectivity index (χ4v) is 4.05. The first kappa shape index (κ1) is 18.5. The summed E-state index contributed by atoms with van der Waals surface area (Å²) in [5.41, 5.74) is 1.55. The van der Waals surface area contributed by atoms with Gasteiger partial charge in [-0.3, -0.25) is 0 Å².